The van der Waals surface area contributed by atoms with Gasteiger partial charge in [0, 0.05) is 29.4 Å². The molecule has 1 unspecified atom stereocenters. The van der Waals surface area contributed by atoms with Crippen LogP contribution in [0.1, 0.15) is 29.5 Å². The van der Waals surface area contributed by atoms with Gasteiger partial charge < -0.3 is 10.6 Å². The molecule has 1 aliphatic rings. The Morgan fingerprint density at radius 2 is 2.24 bits per heavy atom. The number of guanidine groups is 1. The molecular formula is C15H27IN4S. The van der Waals surface area contributed by atoms with E-state index in [9.17, 15) is 0 Å². The van der Waals surface area contributed by atoms with Gasteiger partial charge in [-0.3, -0.25) is 9.89 Å². The Morgan fingerprint density at radius 1 is 1.43 bits per heavy atom. The van der Waals surface area contributed by atoms with E-state index in [4.69, 9.17) is 0 Å². The third-order valence-corrected chi connectivity index (χ3v) is 4.86. The molecule has 0 bridgehead atoms. The maximum Gasteiger partial charge on any atom is 0.191 e. The summed E-state index contributed by atoms with van der Waals surface area (Å²) >= 11 is 1.83. The number of hydrogen-bond donors (Lipinski definition) is 2. The topological polar surface area (TPSA) is 39.7 Å². The van der Waals surface area contributed by atoms with Crippen LogP contribution in [0.5, 0.6) is 0 Å². The average Bonchev–Trinajstić information content (AvgIpc) is 3.07. The lowest BCUT2D eigenvalue weighted by Crippen LogP contribution is -2.44. The van der Waals surface area contributed by atoms with Crippen molar-refractivity contribution in [1.29, 1.82) is 0 Å². The van der Waals surface area contributed by atoms with Crippen LogP contribution in [0.3, 0.4) is 0 Å². The Bertz CT molecular complexity index is 447. The first-order valence-corrected chi connectivity index (χ1v) is 8.28. The van der Waals surface area contributed by atoms with Gasteiger partial charge >= 0.3 is 0 Å². The number of likely N-dealkylation sites (N-methyl/N-ethyl adjacent to an activating group) is 1. The van der Waals surface area contributed by atoms with Crippen LogP contribution in [0.15, 0.2) is 17.1 Å². The molecule has 0 amide bonds. The van der Waals surface area contributed by atoms with E-state index in [1.165, 1.54) is 29.1 Å². The molecule has 0 radical (unpaired) electrons. The second kappa shape index (κ2) is 9.63. The SMILES string of the molecule is CCN1CCCC1CNC(=NC)NCc1ccc(C)s1.I. The lowest BCUT2D eigenvalue weighted by Gasteiger charge is -2.23. The van der Waals surface area contributed by atoms with Crippen molar-refractivity contribution in [2.24, 2.45) is 4.99 Å². The van der Waals surface area contributed by atoms with Crippen LogP contribution < -0.4 is 10.6 Å². The molecule has 21 heavy (non-hydrogen) atoms. The molecule has 1 atom stereocenters. The van der Waals surface area contributed by atoms with Gasteiger partial charge in [-0.25, -0.2) is 0 Å². The Hall–Kier alpha value is -0.340. The minimum absolute atomic E-state index is 0. The van der Waals surface area contributed by atoms with Crippen LogP contribution >= 0.6 is 35.3 Å². The number of thiophene rings is 1. The number of aliphatic imine (C=N–C) groups is 1. The van der Waals surface area contributed by atoms with Crippen LogP contribution in [-0.2, 0) is 6.54 Å². The van der Waals surface area contributed by atoms with Crippen LogP contribution in [0.4, 0.5) is 0 Å². The first-order chi connectivity index (χ1) is 9.72. The van der Waals surface area contributed by atoms with Gasteiger partial charge in [-0.15, -0.1) is 35.3 Å². The van der Waals surface area contributed by atoms with Gasteiger partial charge in [-0.2, -0.15) is 0 Å². The maximum absolute atomic E-state index is 4.30. The van der Waals surface area contributed by atoms with Crippen molar-refractivity contribution in [1.82, 2.24) is 15.5 Å². The van der Waals surface area contributed by atoms with Crippen molar-refractivity contribution in [2.75, 3.05) is 26.7 Å². The Morgan fingerprint density at radius 3 is 2.86 bits per heavy atom. The Balaban J connectivity index is 0.00000220. The van der Waals surface area contributed by atoms with Crippen molar-refractivity contribution in [3.63, 3.8) is 0 Å². The van der Waals surface area contributed by atoms with Crippen molar-refractivity contribution in [3.8, 4) is 0 Å². The molecule has 2 heterocycles. The van der Waals surface area contributed by atoms with Gasteiger partial charge in [0.25, 0.3) is 0 Å². The number of hydrogen-bond acceptors (Lipinski definition) is 3. The number of likely N-dealkylation sites (tertiary alicyclic amines) is 1. The number of nitrogens with one attached hydrogen (secondary N) is 2. The zero-order valence-corrected chi connectivity index (χ0v) is 16.3. The highest BCUT2D eigenvalue weighted by Crippen LogP contribution is 2.16. The van der Waals surface area contributed by atoms with E-state index in [0.29, 0.717) is 6.04 Å². The van der Waals surface area contributed by atoms with E-state index < -0.39 is 0 Å². The molecule has 0 spiro atoms. The molecule has 1 saturated heterocycles. The first-order valence-electron chi connectivity index (χ1n) is 7.46. The van der Waals surface area contributed by atoms with E-state index >= 15 is 0 Å². The number of halogens is 1. The summed E-state index contributed by atoms with van der Waals surface area (Å²) in [6.07, 6.45) is 2.61. The molecule has 0 aromatic carbocycles. The summed E-state index contributed by atoms with van der Waals surface area (Å²) in [6.45, 7) is 8.60. The lowest BCUT2D eigenvalue weighted by atomic mass is 10.2. The standard InChI is InChI=1S/C15H26N4S.HI/c1-4-19-9-5-6-13(19)10-17-15(16-3)18-11-14-8-7-12(2)20-14;/h7-8,13H,4-6,9-11H2,1-3H3,(H2,16,17,18);1H. The van der Waals surface area contributed by atoms with E-state index in [1.807, 2.05) is 18.4 Å². The summed E-state index contributed by atoms with van der Waals surface area (Å²) in [6, 6.07) is 4.99. The third-order valence-electron chi connectivity index (χ3n) is 3.86. The van der Waals surface area contributed by atoms with E-state index in [2.05, 4.69) is 46.5 Å². The summed E-state index contributed by atoms with van der Waals surface area (Å²) in [5.74, 6) is 0.902. The monoisotopic (exact) mass is 422 g/mol. The van der Waals surface area contributed by atoms with Gasteiger partial charge in [-0.1, -0.05) is 6.92 Å². The predicted molar refractivity (Wildman–Crippen MR) is 103 cm³/mol. The first kappa shape index (κ1) is 18.7. The Labute approximate surface area is 149 Å². The van der Waals surface area contributed by atoms with Crippen molar-refractivity contribution in [2.45, 2.75) is 39.3 Å². The van der Waals surface area contributed by atoms with Gasteiger partial charge in [0.05, 0.1) is 6.54 Å². The summed E-state index contributed by atoms with van der Waals surface area (Å²) in [4.78, 5) is 9.55. The highest BCUT2D eigenvalue weighted by molar-refractivity contribution is 14.0. The highest BCUT2D eigenvalue weighted by Gasteiger charge is 2.22. The molecule has 0 aliphatic carbocycles. The van der Waals surface area contributed by atoms with Crippen LogP contribution in [0, 0.1) is 6.92 Å². The van der Waals surface area contributed by atoms with E-state index in [1.54, 1.807) is 0 Å². The van der Waals surface area contributed by atoms with Crippen molar-refractivity contribution >= 4 is 41.3 Å². The van der Waals surface area contributed by atoms with Gasteiger partial charge in [-0.05, 0) is 45.0 Å². The fourth-order valence-electron chi connectivity index (χ4n) is 2.73. The second-order valence-corrected chi connectivity index (χ2v) is 6.62. The molecule has 6 heteroatoms. The molecule has 2 rings (SSSR count). The minimum atomic E-state index is 0. The molecule has 1 fully saturated rings. The zero-order valence-electron chi connectivity index (χ0n) is 13.2. The minimum Gasteiger partial charge on any atom is -0.355 e. The zero-order chi connectivity index (χ0) is 14.4. The van der Waals surface area contributed by atoms with Crippen LogP contribution in [0.25, 0.3) is 0 Å². The third kappa shape index (κ3) is 5.75. The highest BCUT2D eigenvalue weighted by atomic mass is 127. The molecule has 0 saturated carbocycles. The number of aryl methyl sites for hydroxylation is 1. The molecule has 1 aromatic heterocycles. The molecule has 1 aliphatic heterocycles. The van der Waals surface area contributed by atoms with Crippen LogP contribution in [0.2, 0.25) is 0 Å². The number of rotatable bonds is 5. The Kier molecular flexibility index (Phi) is 8.58. The van der Waals surface area contributed by atoms with Gasteiger partial charge in [0.15, 0.2) is 5.96 Å². The predicted octanol–water partition coefficient (Wildman–Crippen LogP) is 2.82. The van der Waals surface area contributed by atoms with Gasteiger partial charge in [0.1, 0.15) is 0 Å². The second-order valence-electron chi connectivity index (χ2n) is 5.24. The quantitative estimate of drug-likeness (QED) is 0.436. The molecular weight excluding hydrogens is 395 g/mol. The molecule has 120 valence electrons. The van der Waals surface area contributed by atoms with Crippen LogP contribution in [-0.4, -0.2) is 43.6 Å². The summed E-state index contributed by atoms with van der Waals surface area (Å²) in [5.41, 5.74) is 0. The maximum atomic E-state index is 4.30. The van der Waals surface area contributed by atoms with E-state index in [0.717, 1.165) is 25.6 Å². The van der Waals surface area contributed by atoms with Crippen molar-refractivity contribution < 1.29 is 0 Å². The molecule has 1 aromatic rings. The van der Waals surface area contributed by atoms with E-state index in [-0.39, 0.29) is 24.0 Å². The average molecular weight is 422 g/mol. The lowest BCUT2D eigenvalue weighted by molar-refractivity contribution is 0.267. The van der Waals surface area contributed by atoms with Crippen molar-refractivity contribution in [3.05, 3.63) is 21.9 Å². The summed E-state index contributed by atoms with van der Waals surface area (Å²) in [5, 5.41) is 6.84. The summed E-state index contributed by atoms with van der Waals surface area (Å²) in [7, 11) is 1.83. The number of nitrogens with zero attached hydrogens (tertiary/aromatic N) is 2. The normalized spacial score (nSPS) is 19.4. The largest absolute Gasteiger partial charge is 0.355 e. The smallest absolute Gasteiger partial charge is 0.191 e. The fourth-order valence-corrected chi connectivity index (χ4v) is 3.56. The summed E-state index contributed by atoms with van der Waals surface area (Å²) < 4.78 is 0. The molecule has 4 nitrogen and oxygen atoms in total. The van der Waals surface area contributed by atoms with Gasteiger partial charge in [0.2, 0.25) is 0 Å². The molecule has 2 N–H and O–H groups in total. The fraction of sp³-hybridized carbons (Fsp3) is 0.667.